The van der Waals surface area contributed by atoms with Crippen LogP contribution in [0.3, 0.4) is 0 Å². The largest absolute Gasteiger partial charge is 0.417 e. The van der Waals surface area contributed by atoms with Crippen LogP contribution in [0.4, 0.5) is 0 Å². The second kappa shape index (κ2) is 4.59. The second-order valence-electron chi connectivity index (χ2n) is 4.70. The van der Waals surface area contributed by atoms with Gasteiger partial charge in [-0.1, -0.05) is 6.07 Å². The van der Waals surface area contributed by atoms with Gasteiger partial charge in [-0.2, -0.15) is 0 Å². The standard InChI is InChI=1S/C13H16N2O3/c14-12(10-3-1-2-6-17-10)8-4-5-9-11(7-8)18-13(16)15-9/h4-5,7,10,12H,1-3,6,14H2,(H,15,16). The molecule has 3 N–H and O–H groups in total. The van der Waals surface area contributed by atoms with Crippen molar-refractivity contribution in [3.8, 4) is 0 Å². The number of oxazole rings is 1. The molecule has 2 unspecified atom stereocenters. The molecule has 0 saturated carbocycles. The number of nitrogens with one attached hydrogen (secondary N) is 1. The number of ether oxygens (including phenoxy) is 1. The summed E-state index contributed by atoms with van der Waals surface area (Å²) >= 11 is 0. The summed E-state index contributed by atoms with van der Waals surface area (Å²) in [5.41, 5.74) is 8.39. The summed E-state index contributed by atoms with van der Waals surface area (Å²) in [6.45, 7) is 0.778. The average Bonchev–Trinajstić information content (AvgIpc) is 2.78. The van der Waals surface area contributed by atoms with Crippen molar-refractivity contribution >= 4 is 11.1 Å². The highest BCUT2D eigenvalue weighted by Crippen LogP contribution is 2.26. The van der Waals surface area contributed by atoms with E-state index in [2.05, 4.69) is 4.98 Å². The van der Waals surface area contributed by atoms with Gasteiger partial charge in [-0.25, -0.2) is 4.79 Å². The average molecular weight is 248 g/mol. The lowest BCUT2D eigenvalue weighted by Gasteiger charge is -2.28. The van der Waals surface area contributed by atoms with Crippen LogP contribution >= 0.6 is 0 Å². The first-order valence-corrected chi connectivity index (χ1v) is 6.24. The molecule has 2 atom stereocenters. The number of hydrogen-bond acceptors (Lipinski definition) is 4. The molecule has 5 heteroatoms. The molecule has 1 aromatic carbocycles. The number of rotatable bonds is 2. The van der Waals surface area contributed by atoms with Crippen LogP contribution in [0.2, 0.25) is 0 Å². The van der Waals surface area contributed by atoms with Gasteiger partial charge in [0.1, 0.15) is 0 Å². The fourth-order valence-corrected chi connectivity index (χ4v) is 2.43. The molecule has 2 heterocycles. The van der Waals surface area contributed by atoms with Crippen molar-refractivity contribution in [3.05, 3.63) is 34.3 Å². The summed E-state index contributed by atoms with van der Waals surface area (Å²) in [7, 11) is 0. The maximum absolute atomic E-state index is 11.1. The highest BCUT2D eigenvalue weighted by Gasteiger charge is 2.23. The topological polar surface area (TPSA) is 81.3 Å². The molecule has 96 valence electrons. The number of aromatic amines is 1. The van der Waals surface area contributed by atoms with Gasteiger partial charge in [-0.05, 0) is 37.0 Å². The molecule has 1 saturated heterocycles. The fourth-order valence-electron chi connectivity index (χ4n) is 2.43. The van der Waals surface area contributed by atoms with Crippen LogP contribution < -0.4 is 11.5 Å². The number of nitrogens with two attached hydrogens (primary N) is 1. The summed E-state index contributed by atoms with van der Waals surface area (Å²) < 4.78 is 10.7. The SMILES string of the molecule is NC(c1ccc2[nH]c(=O)oc2c1)C1CCCCO1. The summed E-state index contributed by atoms with van der Waals surface area (Å²) in [6.07, 6.45) is 3.30. The molecule has 1 aromatic heterocycles. The molecule has 18 heavy (non-hydrogen) atoms. The van der Waals surface area contributed by atoms with E-state index in [-0.39, 0.29) is 12.1 Å². The molecule has 0 aliphatic carbocycles. The maximum Gasteiger partial charge on any atom is 0.417 e. The van der Waals surface area contributed by atoms with Crippen LogP contribution in [-0.2, 0) is 4.74 Å². The van der Waals surface area contributed by atoms with E-state index in [1.807, 2.05) is 18.2 Å². The van der Waals surface area contributed by atoms with Gasteiger partial charge in [0, 0.05) is 6.61 Å². The number of hydrogen-bond donors (Lipinski definition) is 2. The molecule has 2 aromatic rings. The Labute approximate surface area is 104 Å². The van der Waals surface area contributed by atoms with Crippen molar-refractivity contribution in [1.29, 1.82) is 0 Å². The van der Waals surface area contributed by atoms with E-state index in [4.69, 9.17) is 14.9 Å². The van der Waals surface area contributed by atoms with Crippen molar-refractivity contribution in [3.63, 3.8) is 0 Å². The summed E-state index contributed by atoms with van der Waals surface area (Å²) in [4.78, 5) is 13.7. The van der Waals surface area contributed by atoms with Gasteiger partial charge in [0.05, 0.1) is 17.7 Å². The van der Waals surface area contributed by atoms with Crippen LogP contribution in [0.25, 0.3) is 11.1 Å². The van der Waals surface area contributed by atoms with Gasteiger partial charge in [0.15, 0.2) is 5.58 Å². The van der Waals surface area contributed by atoms with Gasteiger partial charge < -0.3 is 14.9 Å². The number of aromatic nitrogens is 1. The molecule has 3 rings (SSSR count). The Morgan fingerprint density at radius 2 is 2.28 bits per heavy atom. The van der Waals surface area contributed by atoms with Gasteiger partial charge in [-0.15, -0.1) is 0 Å². The quantitative estimate of drug-likeness (QED) is 0.847. The molecule has 1 aliphatic heterocycles. The number of fused-ring (bicyclic) bond motifs is 1. The predicted molar refractivity (Wildman–Crippen MR) is 67.4 cm³/mol. The van der Waals surface area contributed by atoms with Gasteiger partial charge in [-0.3, -0.25) is 4.98 Å². The molecular weight excluding hydrogens is 232 g/mol. The molecule has 1 aliphatic rings. The molecule has 5 nitrogen and oxygen atoms in total. The zero-order valence-electron chi connectivity index (χ0n) is 10.0. The van der Waals surface area contributed by atoms with Gasteiger partial charge in [0.25, 0.3) is 0 Å². The fraction of sp³-hybridized carbons (Fsp3) is 0.462. The summed E-state index contributed by atoms with van der Waals surface area (Å²) in [6, 6.07) is 5.37. The van der Waals surface area contributed by atoms with Crippen LogP contribution in [0.5, 0.6) is 0 Å². The van der Waals surface area contributed by atoms with Crippen molar-refractivity contribution in [2.24, 2.45) is 5.73 Å². The lowest BCUT2D eigenvalue weighted by molar-refractivity contribution is 0.0000273. The first-order valence-electron chi connectivity index (χ1n) is 6.24. The number of benzene rings is 1. The predicted octanol–water partition coefficient (Wildman–Crippen LogP) is 1.69. The van der Waals surface area contributed by atoms with Crippen molar-refractivity contribution in [2.45, 2.75) is 31.4 Å². The lowest BCUT2D eigenvalue weighted by Crippen LogP contribution is -2.31. The third-order valence-electron chi connectivity index (χ3n) is 3.45. The minimum Gasteiger partial charge on any atom is -0.408 e. The zero-order valence-corrected chi connectivity index (χ0v) is 10.0. The number of H-pyrrole nitrogens is 1. The van der Waals surface area contributed by atoms with Gasteiger partial charge >= 0.3 is 5.76 Å². The smallest absolute Gasteiger partial charge is 0.408 e. The first-order chi connectivity index (χ1) is 8.74. The van der Waals surface area contributed by atoms with E-state index in [1.54, 1.807) is 0 Å². The van der Waals surface area contributed by atoms with Crippen LogP contribution in [0.15, 0.2) is 27.4 Å². The van der Waals surface area contributed by atoms with Crippen molar-refractivity contribution < 1.29 is 9.15 Å². The third kappa shape index (κ3) is 2.07. The third-order valence-corrected chi connectivity index (χ3v) is 3.45. The Hall–Kier alpha value is -1.59. The highest BCUT2D eigenvalue weighted by atomic mass is 16.5. The molecule has 0 amide bonds. The first kappa shape index (κ1) is 11.5. The van der Waals surface area contributed by atoms with E-state index in [9.17, 15) is 4.79 Å². The van der Waals surface area contributed by atoms with Crippen LogP contribution in [0.1, 0.15) is 30.9 Å². The summed E-state index contributed by atoms with van der Waals surface area (Å²) in [5, 5.41) is 0. The molecule has 0 spiro atoms. The normalized spacial score (nSPS) is 22.2. The Bertz CT molecular complexity index is 596. The van der Waals surface area contributed by atoms with E-state index in [0.717, 1.165) is 31.4 Å². The Morgan fingerprint density at radius 1 is 1.39 bits per heavy atom. The highest BCUT2D eigenvalue weighted by molar-refractivity contribution is 5.72. The monoisotopic (exact) mass is 248 g/mol. The Morgan fingerprint density at radius 3 is 3.06 bits per heavy atom. The van der Waals surface area contributed by atoms with Crippen molar-refractivity contribution in [2.75, 3.05) is 6.61 Å². The minimum absolute atomic E-state index is 0.0573. The van der Waals surface area contributed by atoms with E-state index in [1.165, 1.54) is 0 Å². The minimum atomic E-state index is -0.440. The van der Waals surface area contributed by atoms with E-state index < -0.39 is 5.76 Å². The lowest BCUT2D eigenvalue weighted by atomic mass is 9.96. The van der Waals surface area contributed by atoms with E-state index >= 15 is 0 Å². The van der Waals surface area contributed by atoms with E-state index in [0.29, 0.717) is 11.1 Å². The van der Waals surface area contributed by atoms with Crippen molar-refractivity contribution in [1.82, 2.24) is 4.98 Å². The molecule has 0 radical (unpaired) electrons. The zero-order chi connectivity index (χ0) is 12.5. The maximum atomic E-state index is 11.1. The molecular formula is C13H16N2O3. The van der Waals surface area contributed by atoms with Gasteiger partial charge in [0.2, 0.25) is 0 Å². The Kier molecular flexibility index (Phi) is 2.93. The second-order valence-corrected chi connectivity index (χ2v) is 4.70. The molecule has 1 fully saturated rings. The van der Waals surface area contributed by atoms with Crippen LogP contribution in [-0.4, -0.2) is 17.7 Å². The molecule has 0 bridgehead atoms. The van der Waals surface area contributed by atoms with Crippen LogP contribution in [0, 0.1) is 0 Å². The Balaban J connectivity index is 1.90. The summed E-state index contributed by atoms with van der Waals surface area (Å²) in [5.74, 6) is -0.440.